The molecule has 0 saturated heterocycles. The van der Waals surface area contributed by atoms with Crippen molar-refractivity contribution < 1.29 is 0 Å². The van der Waals surface area contributed by atoms with Crippen LogP contribution < -0.4 is 11.5 Å². The number of allylic oxidation sites excluding steroid dienone is 1. The predicted molar refractivity (Wildman–Crippen MR) is 53.4 cm³/mol. The summed E-state index contributed by atoms with van der Waals surface area (Å²) in [4.78, 5) is 0. The lowest BCUT2D eigenvalue weighted by Gasteiger charge is -2.05. The Bertz CT molecular complexity index is 314. The second kappa shape index (κ2) is 3.30. The molecule has 0 atom stereocenters. The molecule has 0 unspecified atom stereocenters. The minimum atomic E-state index is 0.786. The van der Waals surface area contributed by atoms with E-state index in [0.717, 1.165) is 16.8 Å². The molecule has 0 saturated carbocycles. The summed E-state index contributed by atoms with van der Waals surface area (Å²) in [5.41, 5.74) is 15.2. The van der Waals surface area contributed by atoms with E-state index in [0.29, 0.717) is 0 Å². The lowest BCUT2D eigenvalue weighted by molar-refractivity contribution is 1.43. The van der Waals surface area contributed by atoms with E-state index >= 15 is 0 Å². The minimum absolute atomic E-state index is 0.786. The highest BCUT2D eigenvalue weighted by atomic mass is 14.6. The third-order valence-corrected chi connectivity index (χ3v) is 1.88. The lowest BCUT2D eigenvalue weighted by atomic mass is 10.0. The van der Waals surface area contributed by atoms with E-state index in [2.05, 4.69) is 0 Å². The molecular weight excluding hydrogens is 148 g/mol. The minimum Gasteiger partial charge on any atom is -0.404 e. The van der Waals surface area contributed by atoms with Gasteiger partial charge in [0.1, 0.15) is 0 Å². The highest BCUT2D eigenvalue weighted by Crippen LogP contribution is 2.20. The van der Waals surface area contributed by atoms with Gasteiger partial charge in [0.2, 0.25) is 0 Å². The van der Waals surface area contributed by atoms with E-state index in [1.54, 1.807) is 6.20 Å². The molecular formula is C10H14N2. The first kappa shape index (κ1) is 8.65. The molecule has 0 aliphatic rings. The van der Waals surface area contributed by atoms with Crippen molar-refractivity contribution in [2.45, 2.75) is 13.8 Å². The van der Waals surface area contributed by atoms with Crippen molar-refractivity contribution >= 4 is 11.3 Å². The van der Waals surface area contributed by atoms with Crippen LogP contribution in [0.2, 0.25) is 0 Å². The molecule has 64 valence electrons. The maximum Gasteiger partial charge on any atom is 0.0393 e. The van der Waals surface area contributed by atoms with E-state index in [1.807, 2.05) is 32.0 Å². The Hall–Kier alpha value is -1.44. The molecule has 0 aliphatic carbocycles. The summed E-state index contributed by atoms with van der Waals surface area (Å²) in [6.07, 6.45) is 1.57. The van der Waals surface area contributed by atoms with Crippen LogP contribution in [-0.4, -0.2) is 0 Å². The Morgan fingerprint density at radius 1 is 1.42 bits per heavy atom. The Balaban J connectivity index is 3.18. The molecule has 0 radical (unpaired) electrons. The normalized spacial score (nSPS) is 11.7. The van der Waals surface area contributed by atoms with Crippen molar-refractivity contribution in [2.75, 3.05) is 5.73 Å². The largest absolute Gasteiger partial charge is 0.404 e. The molecule has 0 heterocycles. The molecule has 2 heteroatoms. The Morgan fingerprint density at radius 2 is 2.08 bits per heavy atom. The van der Waals surface area contributed by atoms with Gasteiger partial charge in [-0.3, -0.25) is 0 Å². The molecule has 0 bridgehead atoms. The van der Waals surface area contributed by atoms with Crippen LogP contribution >= 0.6 is 0 Å². The fraction of sp³-hybridized carbons (Fsp3) is 0.200. The van der Waals surface area contributed by atoms with Gasteiger partial charge in [-0.25, -0.2) is 0 Å². The first-order chi connectivity index (χ1) is 5.65. The quantitative estimate of drug-likeness (QED) is 0.619. The van der Waals surface area contributed by atoms with E-state index in [-0.39, 0.29) is 0 Å². The van der Waals surface area contributed by atoms with Crippen LogP contribution in [-0.2, 0) is 0 Å². The standard InChI is InChI=1S/C10H14N2/c1-7-3-4-9(8(2)6-11)10(12)5-7/h3-6H,11-12H2,1-2H3/b8-6-. The van der Waals surface area contributed by atoms with Crippen LogP contribution in [0, 0.1) is 6.92 Å². The lowest BCUT2D eigenvalue weighted by Crippen LogP contribution is -1.94. The smallest absolute Gasteiger partial charge is 0.0393 e. The van der Waals surface area contributed by atoms with Crippen LogP contribution in [0.25, 0.3) is 5.57 Å². The van der Waals surface area contributed by atoms with Gasteiger partial charge >= 0.3 is 0 Å². The number of aryl methyl sites for hydroxylation is 1. The molecule has 0 aromatic heterocycles. The van der Waals surface area contributed by atoms with E-state index in [1.165, 1.54) is 5.56 Å². The van der Waals surface area contributed by atoms with Gasteiger partial charge < -0.3 is 11.5 Å². The Kier molecular flexibility index (Phi) is 2.38. The number of rotatable bonds is 1. The molecule has 1 rings (SSSR count). The average Bonchev–Trinajstić information content (AvgIpc) is 2.03. The summed E-state index contributed by atoms with van der Waals surface area (Å²) in [6, 6.07) is 5.96. The number of nitrogen functional groups attached to an aromatic ring is 1. The number of benzene rings is 1. The summed E-state index contributed by atoms with van der Waals surface area (Å²) in [5.74, 6) is 0. The van der Waals surface area contributed by atoms with E-state index in [9.17, 15) is 0 Å². The van der Waals surface area contributed by atoms with E-state index in [4.69, 9.17) is 11.5 Å². The molecule has 0 amide bonds. The third-order valence-electron chi connectivity index (χ3n) is 1.88. The zero-order valence-electron chi connectivity index (χ0n) is 7.46. The van der Waals surface area contributed by atoms with Crippen LogP contribution in [0.1, 0.15) is 18.1 Å². The fourth-order valence-electron chi connectivity index (χ4n) is 1.13. The summed E-state index contributed by atoms with van der Waals surface area (Å²) in [6.45, 7) is 3.96. The van der Waals surface area contributed by atoms with Gasteiger partial charge in [0.25, 0.3) is 0 Å². The fourth-order valence-corrected chi connectivity index (χ4v) is 1.13. The van der Waals surface area contributed by atoms with Crippen molar-refractivity contribution in [3.63, 3.8) is 0 Å². The number of hydrogen-bond acceptors (Lipinski definition) is 2. The topological polar surface area (TPSA) is 52.0 Å². The SMILES string of the molecule is C/C(=C/N)c1ccc(C)cc1N. The third kappa shape index (κ3) is 1.59. The van der Waals surface area contributed by atoms with Gasteiger partial charge in [0.05, 0.1) is 0 Å². The van der Waals surface area contributed by atoms with Crippen LogP contribution in [0.4, 0.5) is 5.69 Å². The monoisotopic (exact) mass is 162 g/mol. The molecule has 0 aliphatic heterocycles. The van der Waals surface area contributed by atoms with Crippen molar-refractivity contribution in [1.82, 2.24) is 0 Å². The van der Waals surface area contributed by atoms with Crippen LogP contribution in [0.3, 0.4) is 0 Å². The van der Waals surface area contributed by atoms with Crippen molar-refractivity contribution in [3.8, 4) is 0 Å². The molecule has 1 aromatic carbocycles. The summed E-state index contributed by atoms with van der Waals surface area (Å²) >= 11 is 0. The zero-order valence-corrected chi connectivity index (χ0v) is 7.46. The van der Waals surface area contributed by atoms with Crippen LogP contribution in [0.15, 0.2) is 24.4 Å². The maximum atomic E-state index is 5.80. The maximum absolute atomic E-state index is 5.80. The molecule has 4 N–H and O–H groups in total. The molecule has 0 fully saturated rings. The van der Waals surface area contributed by atoms with Crippen LogP contribution in [0.5, 0.6) is 0 Å². The van der Waals surface area contributed by atoms with E-state index < -0.39 is 0 Å². The van der Waals surface area contributed by atoms with Gasteiger partial charge in [-0.15, -0.1) is 0 Å². The summed E-state index contributed by atoms with van der Waals surface area (Å²) in [5, 5.41) is 0. The Morgan fingerprint density at radius 3 is 2.58 bits per heavy atom. The first-order valence-corrected chi connectivity index (χ1v) is 3.90. The Labute approximate surface area is 72.9 Å². The van der Waals surface area contributed by atoms with Gasteiger partial charge in [0.15, 0.2) is 0 Å². The number of nitrogens with two attached hydrogens (primary N) is 2. The summed E-state index contributed by atoms with van der Waals surface area (Å²) < 4.78 is 0. The number of anilines is 1. The second-order valence-corrected chi connectivity index (χ2v) is 2.94. The average molecular weight is 162 g/mol. The molecule has 1 aromatic rings. The molecule has 2 nitrogen and oxygen atoms in total. The predicted octanol–water partition coefficient (Wildman–Crippen LogP) is 1.90. The first-order valence-electron chi connectivity index (χ1n) is 3.90. The second-order valence-electron chi connectivity index (χ2n) is 2.94. The van der Waals surface area contributed by atoms with Gasteiger partial charge in [-0.05, 0) is 37.3 Å². The zero-order chi connectivity index (χ0) is 9.14. The highest BCUT2D eigenvalue weighted by Gasteiger charge is 1.99. The molecule has 12 heavy (non-hydrogen) atoms. The summed E-state index contributed by atoms with van der Waals surface area (Å²) in [7, 11) is 0. The number of hydrogen-bond donors (Lipinski definition) is 2. The van der Waals surface area contributed by atoms with Gasteiger partial charge in [-0.2, -0.15) is 0 Å². The molecule has 0 spiro atoms. The van der Waals surface area contributed by atoms with Gasteiger partial charge in [-0.1, -0.05) is 12.1 Å². The van der Waals surface area contributed by atoms with Gasteiger partial charge in [0, 0.05) is 11.3 Å². The van der Waals surface area contributed by atoms with Crippen molar-refractivity contribution in [2.24, 2.45) is 5.73 Å². The van der Waals surface area contributed by atoms with Crippen molar-refractivity contribution in [1.29, 1.82) is 0 Å². The van der Waals surface area contributed by atoms with Crippen molar-refractivity contribution in [3.05, 3.63) is 35.5 Å². The highest BCUT2D eigenvalue weighted by molar-refractivity contribution is 5.73.